The maximum atomic E-state index is 11.8. The van der Waals surface area contributed by atoms with E-state index in [1.807, 2.05) is 0 Å². The maximum absolute atomic E-state index is 11.8. The molecule has 14 heavy (non-hydrogen) atoms. The Hall–Kier alpha value is -0.240. The Morgan fingerprint density at radius 2 is 2.07 bits per heavy atom. The largest absolute Gasteiger partial charge is 0.352 e. The van der Waals surface area contributed by atoms with Crippen molar-refractivity contribution in [1.29, 1.82) is 0 Å². The third-order valence-electron chi connectivity index (χ3n) is 3.64. The minimum atomic E-state index is 0.168. The van der Waals surface area contributed by atoms with E-state index >= 15 is 0 Å². The number of hydrogen-bond acceptors (Lipinski definition) is 1. The van der Waals surface area contributed by atoms with Crippen LogP contribution in [0.4, 0.5) is 0 Å². The van der Waals surface area contributed by atoms with E-state index in [1.54, 1.807) is 0 Å². The van der Waals surface area contributed by atoms with Crippen LogP contribution in [0, 0.1) is 17.8 Å². The molecule has 2 nitrogen and oxygen atoms in total. The smallest absolute Gasteiger partial charge is 0.223 e. The van der Waals surface area contributed by atoms with Crippen LogP contribution in [0.25, 0.3) is 0 Å². The van der Waals surface area contributed by atoms with Gasteiger partial charge in [-0.25, -0.2) is 0 Å². The lowest BCUT2D eigenvalue weighted by Gasteiger charge is -2.17. The van der Waals surface area contributed by atoms with Gasteiger partial charge >= 0.3 is 0 Å². The minimum Gasteiger partial charge on any atom is -0.352 e. The molecule has 3 unspecified atom stereocenters. The number of halogens is 1. The summed E-state index contributed by atoms with van der Waals surface area (Å²) in [5.74, 6) is 2.81. The molecule has 0 aliphatic heterocycles. The van der Waals surface area contributed by atoms with Crippen LogP contribution in [0.5, 0.6) is 0 Å². The SMILES string of the molecule is CCC(CCl)NC(=O)C1CC2CC2C1. The Morgan fingerprint density at radius 3 is 2.57 bits per heavy atom. The highest BCUT2D eigenvalue weighted by Gasteiger charge is 2.48. The molecule has 2 aliphatic carbocycles. The van der Waals surface area contributed by atoms with Crippen LogP contribution in [0.2, 0.25) is 0 Å². The summed E-state index contributed by atoms with van der Waals surface area (Å²) in [5, 5.41) is 3.03. The third kappa shape index (κ3) is 2.05. The van der Waals surface area contributed by atoms with E-state index < -0.39 is 0 Å². The van der Waals surface area contributed by atoms with Crippen molar-refractivity contribution in [2.75, 3.05) is 5.88 Å². The van der Waals surface area contributed by atoms with Gasteiger partial charge in [-0.15, -0.1) is 11.6 Å². The fraction of sp³-hybridized carbons (Fsp3) is 0.909. The van der Waals surface area contributed by atoms with Gasteiger partial charge in [0.25, 0.3) is 0 Å². The first-order valence-corrected chi connectivity index (χ1v) is 6.14. The molecule has 2 saturated carbocycles. The fourth-order valence-electron chi connectivity index (χ4n) is 2.50. The monoisotopic (exact) mass is 215 g/mol. The number of fused-ring (bicyclic) bond motifs is 1. The van der Waals surface area contributed by atoms with Crippen molar-refractivity contribution >= 4 is 17.5 Å². The highest BCUT2D eigenvalue weighted by atomic mass is 35.5. The van der Waals surface area contributed by atoms with Gasteiger partial charge in [-0.1, -0.05) is 6.92 Å². The third-order valence-corrected chi connectivity index (χ3v) is 4.01. The highest BCUT2D eigenvalue weighted by Crippen LogP contribution is 2.54. The number of nitrogens with one attached hydrogen (secondary N) is 1. The van der Waals surface area contributed by atoms with E-state index in [0.29, 0.717) is 5.88 Å². The van der Waals surface area contributed by atoms with Crippen molar-refractivity contribution < 1.29 is 4.79 Å². The van der Waals surface area contributed by atoms with Crippen LogP contribution in [0.15, 0.2) is 0 Å². The molecular formula is C11H18ClNO. The van der Waals surface area contributed by atoms with Gasteiger partial charge in [0, 0.05) is 17.8 Å². The summed E-state index contributed by atoms with van der Waals surface area (Å²) in [6.07, 6.45) is 4.54. The summed E-state index contributed by atoms with van der Waals surface area (Å²) < 4.78 is 0. The van der Waals surface area contributed by atoms with Gasteiger partial charge < -0.3 is 5.32 Å². The number of amides is 1. The Balaban J connectivity index is 1.77. The van der Waals surface area contributed by atoms with Gasteiger partial charge in [0.1, 0.15) is 0 Å². The zero-order valence-electron chi connectivity index (χ0n) is 8.63. The summed E-state index contributed by atoms with van der Waals surface area (Å²) in [5.41, 5.74) is 0. The molecule has 0 radical (unpaired) electrons. The lowest BCUT2D eigenvalue weighted by atomic mass is 10.0. The van der Waals surface area contributed by atoms with Gasteiger partial charge in [0.2, 0.25) is 5.91 Å². The topological polar surface area (TPSA) is 29.1 Å². The zero-order valence-corrected chi connectivity index (χ0v) is 9.39. The van der Waals surface area contributed by atoms with Crippen LogP contribution in [-0.4, -0.2) is 17.8 Å². The van der Waals surface area contributed by atoms with Crippen molar-refractivity contribution in [1.82, 2.24) is 5.32 Å². The van der Waals surface area contributed by atoms with Crippen LogP contribution in [-0.2, 0) is 4.79 Å². The molecule has 2 rings (SSSR count). The van der Waals surface area contributed by atoms with E-state index in [-0.39, 0.29) is 17.9 Å². The first-order chi connectivity index (χ1) is 6.74. The summed E-state index contributed by atoms with van der Waals surface area (Å²) in [7, 11) is 0. The standard InChI is InChI=1S/C11H18ClNO/c1-2-10(6-12)13-11(14)9-4-7-3-8(7)5-9/h7-10H,2-6H2,1H3,(H,13,14). The second-order valence-corrected chi connectivity index (χ2v) is 5.00. The van der Waals surface area contributed by atoms with Crippen molar-refractivity contribution in [2.24, 2.45) is 17.8 Å². The van der Waals surface area contributed by atoms with E-state index in [4.69, 9.17) is 11.6 Å². The van der Waals surface area contributed by atoms with Gasteiger partial charge in [-0.2, -0.15) is 0 Å². The lowest BCUT2D eigenvalue weighted by Crippen LogP contribution is -2.39. The minimum absolute atomic E-state index is 0.168. The van der Waals surface area contributed by atoms with Gasteiger partial charge in [-0.05, 0) is 37.5 Å². The number of hydrogen-bond donors (Lipinski definition) is 1. The Bertz CT molecular complexity index is 217. The second kappa shape index (κ2) is 4.09. The van der Waals surface area contributed by atoms with E-state index in [0.717, 1.165) is 31.1 Å². The van der Waals surface area contributed by atoms with Gasteiger partial charge in [0.05, 0.1) is 0 Å². The molecule has 1 amide bonds. The van der Waals surface area contributed by atoms with Crippen molar-refractivity contribution in [3.8, 4) is 0 Å². The summed E-state index contributed by atoms with van der Waals surface area (Å²) in [4.78, 5) is 11.8. The highest BCUT2D eigenvalue weighted by molar-refractivity contribution is 6.18. The van der Waals surface area contributed by atoms with Crippen LogP contribution >= 0.6 is 11.6 Å². The molecule has 3 atom stereocenters. The predicted octanol–water partition coefficient (Wildman–Crippen LogP) is 2.17. The molecule has 1 N–H and O–H groups in total. The molecule has 0 heterocycles. The molecule has 0 aromatic carbocycles. The quantitative estimate of drug-likeness (QED) is 0.716. The van der Waals surface area contributed by atoms with Crippen molar-refractivity contribution in [2.45, 2.75) is 38.6 Å². The predicted molar refractivity (Wildman–Crippen MR) is 57.3 cm³/mol. The molecular weight excluding hydrogens is 198 g/mol. The zero-order chi connectivity index (χ0) is 10.1. The second-order valence-electron chi connectivity index (χ2n) is 4.69. The Morgan fingerprint density at radius 1 is 1.43 bits per heavy atom. The van der Waals surface area contributed by atoms with Crippen LogP contribution in [0.3, 0.4) is 0 Å². The Kier molecular flexibility index (Phi) is 3.01. The summed E-state index contributed by atoms with van der Waals surface area (Å²) in [6.45, 7) is 2.06. The molecule has 80 valence electrons. The normalized spacial score (nSPS) is 36.3. The molecule has 0 saturated heterocycles. The number of carbonyl (C=O) groups excluding carboxylic acids is 1. The average Bonchev–Trinajstić information content (AvgIpc) is 2.82. The van der Waals surface area contributed by atoms with E-state index in [2.05, 4.69) is 12.2 Å². The van der Waals surface area contributed by atoms with Crippen molar-refractivity contribution in [3.63, 3.8) is 0 Å². The van der Waals surface area contributed by atoms with Crippen molar-refractivity contribution in [3.05, 3.63) is 0 Å². The Labute approximate surface area is 90.4 Å². The average molecular weight is 216 g/mol. The van der Waals surface area contributed by atoms with E-state index in [1.165, 1.54) is 6.42 Å². The molecule has 0 spiro atoms. The fourth-order valence-corrected chi connectivity index (χ4v) is 2.79. The van der Waals surface area contributed by atoms with Crippen LogP contribution < -0.4 is 5.32 Å². The molecule has 2 fully saturated rings. The number of rotatable bonds is 4. The van der Waals surface area contributed by atoms with Gasteiger partial charge in [-0.3, -0.25) is 4.79 Å². The summed E-state index contributed by atoms with van der Waals surface area (Å²) in [6, 6.07) is 0.168. The number of alkyl halides is 1. The molecule has 0 aromatic rings. The maximum Gasteiger partial charge on any atom is 0.223 e. The molecule has 0 aromatic heterocycles. The van der Waals surface area contributed by atoms with Crippen LogP contribution in [0.1, 0.15) is 32.6 Å². The lowest BCUT2D eigenvalue weighted by molar-refractivity contribution is -0.125. The summed E-state index contributed by atoms with van der Waals surface area (Å²) >= 11 is 5.74. The number of carbonyl (C=O) groups is 1. The first kappa shape index (κ1) is 10.3. The first-order valence-electron chi connectivity index (χ1n) is 5.61. The molecule has 0 bridgehead atoms. The molecule has 2 aliphatic rings. The van der Waals surface area contributed by atoms with E-state index in [9.17, 15) is 4.79 Å². The van der Waals surface area contributed by atoms with Gasteiger partial charge in [0.15, 0.2) is 0 Å². The molecule has 3 heteroatoms.